The van der Waals surface area contributed by atoms with Gasteiger partial charge in [-0.15, -0.1) is 0 Å². The molecule has 0 saturated carbocycles. The second-order valence-electron chi connectivity index (χ2n) is 4.62. The fourth-order valence-corrected chi connectivity index (χ4v) is 4.51. The number of carboxylic acids is 1. The summed E-state index contributed by atoms with van der Waals surface area (Å²) in [7, 11) is -3.99. The number of aromatic carboxylic acids is 1. The van der Waals surface area contributed by atoms with Gasteiger partial charge in [-0.3, -0.25) is 0 Å². The van der Waals surface area contributed by atoms with Crippen molar-refractivity contribution in [3.63, 3.8) is 0 Å². The van der Waals surface area contributed by atoms with Crippen LogP contribution in [0.3, 0.4) is 0 Å². The van der Waals surface area contributed by atoms with E-state index in [-0.39, 0.29) is 22.0 Å². The Kier molecular flexibility index (Phi) is 4.22. The van der Waals surface area contributed by atoms with Crippen molar-refractivity contribution in [3.8, 4) is 0 Å². The summed E-state index contributed by atoms with van der Waals surface area (Å²) in [6, 6.07) is 1.35. The van der Waals surface area contributed by atoms with E-state index >= 15 is 0 Å². The van der Waals surface area contributed by atoms with Gasteiger partial charge in [0.2, 0.25) is 10.0 Å². The average Bonchev–Trinajstić information content (AvgIpc) is 2.95. The van der Waals surface area contributed by atoms with Crippen LogP contribution in [0.4, 0.5) is 0 Å². The number of hydrogen-bond acceptors (Lipinski definition) is 5. The number of carboxylic acid groups (broad SMARTS) is 1. The van der Waals surface area contributed by atoms with E-state index in [1.807, 2.05) is 16.8 Å². The van der Waals surface area contributed by atoms with Gasteiger partial charge in [-0.1, -0.05) is 0 Å². The molecule has 2 aromatic rings. The molecule has 2 rings (SSSR count). The van der Waals surface area contributed by atoms with Crippen LogP contribution in [-0.2, 0) is 10.0 Å². The summed E-state index contributed by atoms with van der Waals surface area (Å²) in [4.78, 5) is 11.0. The van der Waals surface area contributed by atoms with E-state index in [1.54, 1.807) is 6.92 Å². The normalized spacial score (nSPS) is 13.3. The van der Waals surface area contributed by atoms with Crippen LogP contribution in [0.5, 0.6) is 0 Å². The Bertz CT molecular complexity index is 759. The summed E-state index contributed by atoms with van der Waals surface area (Å²) >= 11 is 1.46. The van der Waals surface area contributed by atoms with Crippen LogP contribution in [0.2, 0.25) is 0 Å². The predicted octanol–water partition coefficient (Wildman–Crippen LogP) is 2.70. The standard InChI is InChI=1S/C13H15NO5S2/c1-7(10-4-5-20-6-10)14-21(17,18)12-9(3)19-8(2)11(12)13(15)16/h4-7,14H,1-3H3,(H,15,16). The second-order valence-corrected chi connectivity index (χ2v) is 7.05. The molecular formula is C13H15NO5S2. The summed E-state index contributed by atoms with van der Waals surface area (Å²) in [5, 5.41) is 12.9. The van der Waals surface area contributed by atoms with Crippen LogP contribution < -0.4 is 4.72 Å². The quantitative estimate of drug-likeness (QED) is 0.879. The van der Waals surface area contributed by atoms with Crippen molar-refractivity contribution in [1.82, 2.24) is 4.72 Å². The maximum Gasteiger partial charge on any atom is 0.340 e. The van der Waals surface area contributed by atoms with Crippen LogP contribution in [-0.4, -0.2) is 19.5 Å². The first-order valence-electron chi connectivity index (χ1n) is 6.11. The van der Waals surface area contributed by atoms with E-state index in [0.717, 1.165) is 5.56 Å². The SMILES string of the molecule is Cc1oc(C)c(S(=O)(=O)NC(C)c2ccsc2)c1C(=O)O. The van der Waals surface area contributed by atoms with Crippen molar-refractivity contribution in [2.45, 2.75) is 31.7 Å². The molecule has 0 aliphatic carbocycles. The highest BCUT2D eigenvalue weighted by molar-refractivity contribution is 7.89. The highest BCUT2D eigenvalue weighted by Crippen LogP contribution is 2.28. The molecule has 0 aromatic carbocycles. The van der Waals surface area contributed by atoms with Gasteiger partial charge in [-0.05, 0) is 43.2 Å². The van der Waals surface area contributed by atoms with E-state index in [2.05, 4.69) is 4.72 Å². The molecule has 114 valence electrons. The lowest BCUT2D eigenvalue weighted by Gasteiger charge is -2.13. The molecule has 6 nitrogen and oxygen atoms in total. The van der Waals surface area contributed by atoms with Gasteiger partial charge in [0, 0.05) is 6.04 Å². The van der Waals surface area contributed by atoms with Crippen molar-refractivity contribution in [2.75, 3.05) is 0 Å². The smallest absolute Gasteiger partial charge is 0.340 e. The first-order chi connectivity index (χ1) is 9.74. The van der Waals surface area contributed by atoms with Gasteiger partial charge in [0.15, 0.2) is 0 Å². The molecule has 0 aliphatic heterocycles. The molecular weight excluding hydrogens is 314 g/mol. The van der Waals surface area contributed by atoms with Crippen LogP contribution in [0.15, 0.2) is 26.1 Å². The molecule has 2 N–H and O–H groups in total. The molecule has 0 fully saturated rings. The topological polar surface area (TPSA) is 96.6 Å². The third kappa shape index (κ3) is 3.02. The minimum Gasteiger partial charge on any atom is -0.478 e. The third-order valence-electron chi connectivity index (χ3n) is 3.06. The first kappa shape index (κ1) is 15.7. The van der Waals surface area contributed by atoms with Crippen LogP contribution >= 0.6 is 11.3 Å². The molecule has 0 amide bonds. The third-order valence-corrected chi connectivity index (χ3v) is 5.46. The number of aryl methyl sites for hydroxylation is 2. The summed E-state index contributed by atoms with van der Waals surface area (Å²) in [6.45, 7) is 4.56. The fraction of sp³-hybridized carbons (Fsp3) is 0.308. The Labute approximate surface area is 126 Å². The van der Waals surface area contributed by atoms with Crippen molar-refractivity contribution in [3.05, 3.63) is 39.5 Å². The number of hydrogen-bond donors (Lipinski definition) is 2. The van der Waals surface area contributed by atoms with Crippen molar-refractivity contribution in [2.24, 2.45) is 0 Å². The van der Waals surface area contributed by atoms with Gasteiger partial charge < -0.3 is 9.52 Å². The van der Waals surface area contributed by atoms with E-state index in [4.69, 9.17) is 4.42 Å². The number of sulfonamides is 1. The molecule has 0 radical (unpaired) electrons. The highest BCUT2D eigenvalue weighted by Gasteiger charge is 2.31. The van der Waals surface area contributed by atoms with Crippen molar-refractivity contribution >= 4 is 27.3 Å². The molecule has 1 atom stereocenters. The lowest BCUT2D eigenvalue weighted by atomic mass is 10.2. The lowest BCUT2D eigenvalue weighted by Crippen LogP contribution is -2.28. The molecule has 0 bridgehead atoms. The zero-order chi connectivity index (χ0) is 15.8. The van der Waals surface area contributed by atoms with E-state index < -0.39 is 22.0 Å². The van der Waals surface area contributed by atoms with Crippen LogP contribution in [0, 0.1) is 13.8 Å². The number of carbonyl (C=O) groups is 1. The van der Waals surface area contributed by atoms with Gasteiger partial charge in [-0.25, -0.2) is 17.9 Å². The molecule has 8 heteroatoms. The van der Waals surface area contributed by atoms with Gasteiger partial charge in [-0.2, -0.15) is 11.3 Å². The van der Waals surface area contributed by atoms with Gasteiger partial charge >= 0.3 is 5.97 Å². The number of rotatable bonds is 5. The van der Waals surface area contributed by atoms with Gasteiger partial charge in [0.25, 0.3) is 0 Å². The summed E-state index contributed by atoms with van der Waals surface area (Å²) < 4.78 is 32.6. The minimum absolute atomic E-state index is 0.0647. The number of furan rings is 1. The Morgan fingerprint density at radius 2 is 2.05 bits per heavy atom. The Morgan fingerprint density at radius 1 is 1.38 bits per heavy atom. The Morgan fingerprint density at radius 3 is 2.57 bits per heavy atom. The molecule has 0 spiro atoms. The molecule has 0 aliphatic rings. The van der Waals surface area contributed by atoms with E-state index in [9.17, 15) is 18.3 Å². The van der Waals surface area contributed by atoms with Gasteiger partial charge in [0.1, 0.15) is 22.0 Å². The largest absolute Gasteiger partial charge is 0.478 e. The van der Waals surface area contributed by atoms with Crippen molar-refractivity contribution in [1.29, 1.82) is 0 Å². The van der Waals surface area contributed by atoms with Crippen LogP contribution in [0.1, 0.15) is 40.4 Å². The lowest BCUT2D eigenvalue weighted by molar-refractivity contribution is 0.0691. The van der Waals surface area contributed by atoms with E-state index in [1.165, 1.54) is 25.2 Å². The van der Waals surface area contributed by atoms with E-state index in [0.29, 0.717) is 0 Å². The Balaban J connectivity index is 2.43. The second kappa shape index (κ2) is 5.63. The van der Waals surface area contributed by atoms with Crippen LogP contribution in [0.25, 0.3) is 0 Å². The Hall–Kier alpha value is -1.64. The highest BCUT2D eigenvalue weighted by atomic mass is 32.2. The predicted molar refractivity (Wildman–Crippen MR) is 78.2 cm³/mol. The van der Waals surface area contributed by atoms with Gasteiger partial charge in [0.05, 0.1) is 0 Å². The summed E-state index contributed by atoms with van der Waals surface area (Å²) in [5.74, 6) is -1.19. The maximum atomic E-state index is 12.5. The van der Waals surface area contributed by atoms with Crippen molar-refractivity contribution < 1.29 is 22.7 Å². The average molecular weight is 329 g/mol. The fourth-order valence-electron chi connectivity index (χ4n) is 2.12. The molecule has 2 heterocycles. The monoisotopic (exact) mass is 329 g/mol. The molecule has 21 heavy (non-hydrogen) atoms. The molecule has 2 aromatic heterocycles. The first-order valence-corrected chi connectivity index (χ1v) is 8.54. The maximum absolute atomic E-state index is 12.5. The zero-order valence-corrected chi connectivity index (χ0v) is 13.3. The number of nitrogens with one attached hydrogen (secondary N) is 1. The zero-order valence-electron chi connectivity index (χ0n) is 11.7. The number of thiophene rings is 1. The summed E-state index contributed by atoms with van der Waals surface area (Å²) in [6.07, 6.45) is 0. The summed E-state index contributed by atoms with van der Waals surface area (Å²) in [5.41, 5.74) is 0.496. The minimum atomic E-state index is -3.99. The molecule has 1 unspecified atom stereocenters. The molecule has 0 saturated heterocycles.